The number of hydrogen-bond acceptors (Lipinski definition) is 1. The number of aromatic nitrogens is 1. The molecule has 0 unspecified atom stereocenters. The minimum Gasteiger partial charge on any atom is -0.256 e. The molecule has 0 aliphatic carbocycles. The summed E-state index contributed by atoms with van der Waals surface area (Å²) in [6.07, 6.45) is 1.81. The van der Waals surface area contributed by atoms with Gasteiger partial charge in [0.25, 0.3) is 0 Å². The predicted molar refractivity (Wildman–Crippen MR) is 49.7 cm³/mol. The Morgan fingerprint density at radius 1 is 0.769 bits per heavy atom. The summed E-state index contributed by atoms with van der Waals surface area (Å²) in [6.45, 7) is 0. The van der Waals surface area contributed by atoms with Crippen molar-refractivity contribution in [3.8, 4) is 11.3 Å². The zero-order chi connectivity index (χ0) is 8.23. The van der Waals surface area contributed by atoms with Crippen LogP contribution in [0, 0.1) is 0 Å². The van der Waals surface area contributed by atoms with Gasteiger partial charge in [0.1, 0.15) is 0 Å². The average molecular weight is 256 g/mol. The molecule has 0 saturated heterocycles. The first-order chi connectivity index (χ1) is 5.97. The Morgan fingerprint density at radius 2 is 1.46 bits per heavy atom. The summed E-state index contributed by atoms with van der Waals surface area (Å²) >= 11 is 0. The monoisotopic (exact) mass is 257 g/mol. The predicted octanol–water partition coefficient (Wildman–Crippen LogP) is 2.75. The van der Waals surface area contributed by atoms with Gasteiger partial charge in [0.15, 0.2) is 0 Å². The molecule has 2 heteroatoms. The van der Waals surface area contributed by atoms with E-state index in [1.54, 1.807) is 0 Å². The van der Waals surface area contributed by atoms with E-state index in [1.165, 1.54) is 0 Å². The molecule has 13 heavy (non-hydrogen) atoms. The summed E-state index contributed by atoms with van der Waals surface area (Å²) in [5, 5.41) is 0. The zero-order valence-corrected chi connectivity index (χ0v) is 8.74. The van der Waals surface area contributed by atoms with E-state index in [0.717, 1.165) is 11.3 Å². The van der Waals surface area contributed by atoms with Crippen molar-refractivity contribution in [2.45, 2.75) is 0 Å². The molecular formula is C11H9NRu. The third-order valence-corrected chi connectivity index (χ3v) is 1.73. The van der Waals surface area contributed by atoms with Crippen LogP contribution in [0.2, 0.25) is 0 Å². The van der Waals surface area contributed by atoms with Gasteiger partial charge in [-0.25, -0.2) is 0 Å². The zero-order valence-electron chi connectivity index (χ0n) is 7.00. The Labute approximate surface area is 90.6 Å². The number of hydrogen-bond donors (Lipinski definition) is 0. The molecule has 0 radical (unpaired) electrons. The van der Waals surface area contributed by atoms with E-state index in [9.17, 15) is 0 Å². The van der Waals surface area contributed by atoms with E-state index < -0.39 is 0 Å². The van der Waals surface area contributed by atoms with Crippen molar-refractivity contribution in [3.05, 3.63) is 54.7 Å². The fourth-order valence-corrected chi connectivity index (χ4v) is 1.14. The Balaban J connectivity index is 0.000000845. The third kappa shape index (κ3) is 2.46. The molecular weight excluding hydrogens is 247 g/mol. The molecule has 1 aromatic carbocycles. The van der Waals surface area contributed by atoms with Crippen molar-refractivity contribution < 1.29 is 19.5 Å². The first-order valence-electron chi connectivity index (χ1n) is 3.93. The van der Waals surface area contributed by atoms with E-state index >= 15 is 0 Å². The summed E-state index contributed by atoms with van der Waals surface area (Å²) in [6, 6.07) is 16.1. The van der Waals surface area contributed by atoms with Gasteiger partial charge in [-0.3, -0.25) is 4.98 Å². The fraction of sp³-hybridized carbons (Fsp3) is 0. The molecule has 0 amide bonds. The van der Waals surface area contributed by atoms with Crippen LogP contribution >= 0.6 is 0 Å². The van der Waals surface area contributed by atoms with Gasteiger partial charge in [-0.1, -0.05) is 36.4 Å². The normalized spacial score (nSPS) is 8.92. The van der Waals surface area contributed by atoms with E-state index in [4.69, 9.17) is 0 Å². The second kappa shape index (κ2) is 4.88. The van der Waals surface area contributed by atoms with Gasteiger partial charge in [-0.05, 0) is 12.1 Å². The Kier molecular flexibility index (Phi) is 3.79. The van der Waals surface area contributed by atoms with Gasteiger partial charge in [0.05, 0.1) is 5.69 Å². The fourth-order valence-electron chi connectivity index (χ4n) is 1.14. The van der Waals surface area contributed by atoms with Crippen molar-refractivity contribution in [1.29, 1.82) is 0 Å². The Bertz CT molecular complexity index is 307. The van der Waals surface area contributed by atoms with E-state index in [2.05, 4.69) is 17.1 Å². The first kappa shape index (κ1) is 10.1. The largest absolute Gasteiger partial charge is 0.256 e. The minimum atomic E-state index is 0. The van der Waals surface area contributed by atoms with Crippen molar-refractivity contribution in [3.63, 3.8) is 0 Å². The number of benzene rings is 1. The molecule has 0 aliphatic heterocycles. The van der Waals surface area contributed by atoms with Crippen LogP contribution in [-0.4, -0.2) is 4.98 Å². The SMILES string of the molecule is [Ru].c1ccc(-c2ccccn2)cc1. The number of pyridine rings is 1. The summed E-state index contributed by atoms with van der Waals surface area (Å²) in [5.41, 5.74) is 2.19. The molecule has 1 aromatic heterocycles. The Hall–Kier alpha value is -1.01. The topological polar surface area (TPSA) is 12.9 Å². The standard InChI is InChI=1S/C11H9N.Ru/c1-2-6-10(7-3-1)11-8-4-5-9-12-11;/h1-9H;. The van der Waals surface area contributed by atoms with Crippen molar-refractivity contribution in [2.75, 3.05) is 0 Å². The van der Waals surface area contributed by atoms with E-state index in [-0.39, 0.29) is 19.5 Å². The van der Waals surface area contributed by atoms with Crippen molar-refractivity contribution in [2.24, 2.45) is 0 Å². The summed E-state index contributed by atoms with van der Waals surface area (Å²) < 4.78 is 0. The van der Waals surface area contributed by atoms with Gasteiger partial charge < -0.3 is 0 Å². The maximum absolute atomic E-state index is 4.25. The maximum atomic E-state index is 4.25. The second-order valence-electron chi connectivity index (χ2n) is 2.58. The average Bonchev–Trinajstić information content (AvgIpc) is 2.21. The van der Waals surface area contributed by atoms with Crippen LogP contribution in [0.5, 0.6) is 0 Å². The molecule has 0 saturated carbocycles. The van der Waals surface area contributed by atoms with E-state index in [1.807, 2.05) is 42.6 Å². The molecule has 0 aliphatic rings. The third-order valence-electron chi connectivity index (χ3n) is 1.73. The molecule has 66 valence electrons. The van der Waals surface area contributed by atoms with Gasteiger partial charge >= 0.3 is 0 Å². The van der Waals surface area contributed by atoms with E-state index in [0.29, 0.717) is 0 Å². The number of rotatable bonds is 1. The molecule has 0 fully saturated rings. The maximum Gasteiger partial charge on any atom is 0.0701 e. The summed E-state index contributed by atoms with van der Waals surface area (Å²) in [4.78, 5) is 4.25. The van der Waals surface area contributed by atoms with Crippen LogP contribution in [0.15, 0.2) is 54.7 Å². The number of nitrogens with zero attached hydrogens (tertiary/aromatic N) is 1. The van der Waals surface area contributed by atoms with Crippen LogP contribution < -0.4 is 0 Å². The molecule has 0 spiro atoms. The van der Waals surface area contributed by atoms with Crippen LogP contribution in [0.3, 0.4) is 0 Å². The van der Waals surface area contributed by atoms with Gasteiger partial charge in [0.2, 0.25) is 0 Å². The molecule has 1 heterocycles. The van der Waals surface area contributed by atoms with Gasteiger partial charge in [-0.2, -0.15) is 0 Å². The van der Waals surface area contributed by atoms with Gasteiger partial charge in [0, 0.05) is 31.2 Å². The summed E-state index contributed by atoms with van der Waals surface area (Å²) in [7, 11) is 0. The second-order valence-corrected chi connectivity index (χ2v) is 2.58. The molecule has 0 bridgehead atoms. The molecule has 2 aromatic rings. The smallest absolute Gasteiger partial charge is 0.0701 e. The Morgan fingerprint density at radius 3 is 2.08 bits per heavy atom. The van der Waals surface area contributed by atoms with Crippen LogP contribution in [0.1, 0.15) is 0 Å². The van der Waals surface area contributed by atoms with Crippen molar-refractivity contribution >= 4 is 0 Å². The molecule has 0 N–H and O–H groups in total. The van der Waals surface area contributed by atoms with Crippen molar-refractivity contribution in [1.82, 2.24) is 4.98 Å². The molecule has 2 rings (SSSR count). The van der Waals surface area contributed by atoms with Crippen LogP contribution in [0.4, 0.5) is 0 Å². The quantitative estimate of drug-likeness (QED) is 0.715. The van der Waals surface area contributed by atoms with Crippen LogP contribution in [0.25, 0.3) is 11.3 Å². The summed E-state index contributed by atoms with van der Waals surface area (Å²) in [5.74, 6) is 0. The first-order valence-corrected chi connectivity index (χ1v) is 3.93. The molecule has 0 atom stereocenters. The van der Waals surface area contributed by atoms with Gasteiger partial charge in [-0.15, -0.1) is 0 Å². The molecule has 1 nitrogen and oxygen atoms in total. The van der Waals surface area contributed by atoms with Crippen LogP contribution in [-0.2, 0) is 19.5 Å². The minimum absolute atomic E-state index is 0.